The molecule has 0 unspecified atom stereocenters. The van der Waals surface area contributed by atoms with Crippen molar-refractivity contribution < 1.29 is 15.0 Å². The molecule has 3 aromatic rings. The summed E-state index contributed by atoms with van der Waals surface area (Å²) in [6.07, 6.45) is 0. The van der Waals surface area contributed by atoms with Crippen LogP contribution in [0.3, 0.4) is 0 Å². The molecule has 3 rings (SSSR count). The lowest BCUT2D eigenvalue weighted by Crippen LogP contribution is -2.26. The van der Waals surface area contributed by atoms with E-state index in [0.29, 0.717) is 12.1 Å². The normalized spacial score (nSPS) is 10.4. The van der Waals surface area contributed by atoms with Gasteiger partial charge in [0.25, 0.3) is 5.91 Å². The number of benzene rings is 3. The summed E-state index contributed by atoms with van der Waals surface area (Å²) >= 11 is 0. The number of aromatic hydroxyl groups is 2. The van der Waals surface area contributed by atoms with Crippen molar-refractivity contribution in [2.45, 2.75) is 6.54 Å². The second-order valence-corrected chi connectivity index (χ2v) is 5.96. The summed E-state index contributed by atoms with van der Waals surface area (Å²) in [6, 6.07) is 21.2. The molecule has 25 heavy (non-hydrogen) atoms. The first-order valence-corrected chi connectivity index (χ1v) is 7.96. The molecule has 0 fully saturated rings. The molecule has 0 heterocycles. The first kappa shape index (κ1) is 16.6. The Labute approximate surface area is 146 Å². The van der Waals surface area contributed by atoms with Crippen LogP contribution in [0.1, 0.15) is 15.9 Å². The molecular weight excluding hydrogens is 314 g/mol. The molecule has 4 nitrogen and oxygen atoms in total. The van der Waals surface area contributed by atoms with Gasteiger partial charge in [0.15, 0.2) is 0 Å². The molecule has 0 aromatic heterocycles. The summed E-state index contributed by atoms with van der Waals surface area (Å²) in [7, 11) is 1.73. The van der Waals surface area contributed by atoms with Crippen LogP contribution < -0.4 is 0 Å². The SMILES string of the molecule is CN(Cc1cccc(O)c1)C(=O)c1ccc(-c2cccc(O)c2)cc1. The van der Waals surface area contributed by atoms with Crippen LogP contribution in [0, 0.1) is 0 Å². The Bertz CT molecular complexity index is 888. The summed E-state index contributed by atoms with van der Waals surface area (Å²) in [6.45, 7) is 0.418. The highest BCUT2D eigenvalue weighted by molar-refractivity contribution is 5.94. The second-order valence-electron chi connectivity index (χ2n) is 5.96. The fourth-order valence-electron chi connectivity index (χ4n) is 2.71. The number of phenolic OH excluding ortho intramolecular Hbond substituents is 2. The minimum Gasteiger partial charge on any atom is -0.508 e. The minimum atomic E-state index is -0.0919. The summed E-state index contributed by atoms with van der Waals surface area (Å²) in [5.74, 6) is 0.308. The molecule has 0 aliphatic heterocycles. The smallest absolute Gasteiger partial charge is 0.253 e. The topological polar surface area (TPSA) is 60.8 Å². The molecule has 0 bridgehead atoms. The fraction of sp³-hybridized carbons (Fsp3) is 0.0952. The Hall–Kier alpha value is -3.27. The van der Waals surface area contributed by atoms with Gasteiger partial charge < -0.3 is 15.1 Å². The van der Waals surface area contributed by atoms with Crippen molar-refractivity contribution in [2.75, 3.05) is 7.05 Å². The predicted octanol–water partition coefficient (Wildman–Crippen LogP) is 4.04. The zero-order chi connectivity index (χ0) is 17.8. The van der Waals surface area contributed by atoms with E-state index in [1.54, 1.807) is 60.5 Å². The van der Waals surface area contributed by atoms with Gasteiger partial charge in [0.1, 0.15) is 11.5 Å². The Morgan fingerprint density at radius 2 is 1.48 bits per heavy atom. The van der Waals surface area contributed by atoms with E-state index in [4.69, 9.17) is 0 Å². The van der Waals surface area contributed by atoms with Crippen LogP contribution in [0.2, 0.25) is 0 Å². The van der Waals surface area contributed by atoms with E-state index in [9.17, 15) is 15.0 Å². The minimum absolute atomic E-state index is 0.0919. The van der Waals surface area contributed by atoms with E-state index in [1.807, 2.05) is 24.3 Å². The molecule has 3 aromatic carbocycles. The number of hydrogen-bond donors (Lipinski definition) is 2. The highest BCUT2D eigenvalue weighted by Gasteiger charge is 2.12. The third-order valence-corrected chi connectivity index (χ3v) is 3.99. The van der Waals surface area contributed by atoms with Gasteiger partial charge in [-0.2, -0.15) is 0 Å². The summed E-state index contributed by atoms with van der Waals surface area (Å²) in [4.78, 5) is 14.2. The van der Waals surface area contributed by atoms with Crippen molar-refractivity contribution >= 4 is 5.91 Å². The highest BCUT2D eigenvalue weighted by Crippen LogP contribution is 2.24. The molecule has 0 aliphatic carbocycles. The van der Waals surface area contributed by atoms with E-state index in [-0.39, 0.29) is 17.4 Å². The molecule has 0 aliphatic rings. The van der Waals surface area contributed by atoms with Crippen LogP contribution in [0.4, 0.5) is 0 Å². The Morgan fingerprint density at radius 3 is 2.12 bits per heavy atom. The van der Waals surface area contributed by atoms with Crippen molar-refractivity contribution in [3.05, 3.63) is 83.9 Å². The lowest BCUT2D eigenvalue weighted by Gasteiger charge is -2.17. The summed E-state index contributed by atoms with van der Waals surface area (Å²) in [5, 5.41) is 19.1. The van der Waals surface area contributed by atoms with Crippen LogP contribution in [0.5, 0.6) is 11.5 Å². The Morgan fingerprint density at radius 1 is 0.840 bits per heavy atom. The van der Waals surface area contributed by atoms with E-state index < -0.39 is 0 Å². The average Bonchev–Trinajstić information content (AvgIpc) is 2.61. The number of hydrogen-bond acceptors (Lipinski definition) is 3. The third kappa shape index (κ3) is 3.98. The number of amides is 1. The van der Waals surface area contributed by atoms with Gasteiger partial charge in [0, 0.05) is 19.2 Å². The number of carbonyl (C=O) groups excluding carboxylic acids is 1. The number of phenols is 2. The highest BCUT2D eigenvalue weighted by atomic mass is 16.3. The quantitative estimate of drug-likeness (QED) is 0.757. The summed E-state index contributed by atoms with van der Waals surface area (Å²) < 4.78 is 0. The Balaban J connectivity index is 1.74. The number of carbonyl (C=O) groups is 1. The van der Waals surface area contributed by atoms with Gasteiger partial charge in [-0.25, -0.2) is 0 Å². The molecule has 4 heteroatoms. The van der Waals surface area contributed by atoms with E-state index in [1.165, 1.54) is 0 Å². The predicted molar refractivity (Wildman–Crippen MR) is 97.4 cm³/mol. The first-order chi connectivity index (χ1) is 12.0. The van der Waals surface area contributed by atoms with Crippen molar-refractivity contribution in [3.63, 3.8) is 0 Å². The van der Waals surface area contributed by atoms with Gasteiger partial charge in [0.05, 0.1) is 0 Å². The molecule has 0 saturated carbocycles. The van der Waals surface area contributed by atoms with E-state index >= 15 is 0 Å². The van der Waals surface area contributed by atoms with Crippen molar-refractivity contribution in [2.24, 2.45) is 0 Å². The molecule has 126 valence electrons. The lowest BCUT2D eigenvalue weighted by atomic mass is 10.0. The maximum Gasteiger partial charge on any atom is 0.253 e. The van der Waals surface area contributed by atoms with Gasteiger partial charge in [-0.1, -0.05) is 36.4 Å². The zero-order valence-corrected chi connectivity index (χ0v) is 13.9. The van der Waals surface area contributed by atoms with E-state index in [0.717, 1.165) is 16.7 Å². The second kappa shape index (κ2) is 7.09. The van der Waals surface area contributed by atoms with Gasteiger partial charge in [-0.15, -0.1) is 0 Å². The molecular formula is C21H19NO3. The van der Waals surface area contributed by atoms with Gasteiger partial charge >= 0.3 is 0 Å². The zero-order valence-electron chi connectivity index (χ0n) is 13.9. The van der Waals surface area contributed by atoms with Crippen molar-refractivity contribution in [1.29, 1.82) is 0 Å². The fourth-order valence-corrected chi connectivity index (χ4v) is 2.71. The number of nitrogens with zero attached hydrogens (tertiary/aromatic N) is 1. The van der Waals surface area contributed by atoms with Crippen LogP contribution in [0.25, 0.3) is 11.1 Å². The maximum atomic E-state index is 12.6. The van der Waals surface area contributed by atoms with Crippen LogP contribution in [0.15, 0.2) is 72.8 Å². The average molecular weight is 333 g/mol. The largest absolute Gasteiger partial charge is 0.508 e. The standard InChI is InChI=1S/C21H19NO3/c1-22(14-15-4-2-6-19(23)12-15)21(25)17-10-8-16(9-11-17)18-5-3-7-20(24)13-18/h2-13,23-24H,14H2,1H3. The molecule has 2 N–H and O–H groups in total. The van der Waals surface area contributed by atoms with Crippen LogP contribution >= 0.6 is 0 Å². The van der Waals surface area contributed by atoms with Gasteiger partial charge in [0.2, 0.25) is 0 Å². The molecule has 1 amide bonds. The first-order valence-electron chi connectivity index (χ1n) is 7.96. The third-order valence-electron chi connectivity index (χ3n) is 3.99. The molecule has 0 saturated heterocycles. The van der Waals surface area contributed by atoms with Crippen LogP contribution in [-0.4, -0.2) is 28.1 Å². The maximum absolute atomic E-state index is 12.6. The van der Waals surface area contributed by atoms with Crippen LogP contribution in [-0.2, 0) is 6.54 Å². The van der Waals surface area contributed by atoms with Gasteiger partial charge in [-0.3, -0.25) is 4.79 Å². The van der Waals surface area contributed by atoms with Crippen molar-refractivity contribution in [1.82, 2.24) is 4.90 Å². The summed E-state index contributed by atoms with van der Waals surface area (Å²) in [5.41, 5.74) is 3.29. The monoisotopic (exact) mass is 333 g/mol. The van der Waals surface area contributed by atoms with E-state index in [2.05, 4.69) is 0 Å². The number of rotatable bonds is 4. The molecule has 0 atom stereocenters. The Kier molecular flexibility index (Phi) is 4.70. The molecule has 0 radical (unpaired) electrons. The van der Waals surface area contributed by atoms with Crippen molar-refractivity contribution in [3.8, 4) is 22.6 Å². The van der Waals surface area contributed by atoms with Gasteiger partial charge in [-0.05, 0) is 53.1 Å². The lowest BCUT2D eigenvalue weighted by molar-refractivity contribution is 0.0785. The molecule has 0 spiro atoms.